The largest absolute Gasteiger partial charge is 0.301 e. The summed E-state index contributed by atoms with van der Waals surface area (Å²) in [7, 11) is 0. The molecule has 0 atom stereocenters. The van der Waals surface area contributed by atoms with Crippen LogP contribution >= 0.6 is 15.9 Å². The molecule has 3 rings (SSSR count). The Bertz CT molecular complexity index is 463. The quantitative estimate of drug-likeness (QED) is 0.811. The predicted octanol–water partition coefficient (Wildman–Crippen LogP) is 3.05. The lowest BCUT2D eigenvalue weighted by Crippen LogP contribution is -2.53. The maximum Gasteiger partial charge on any atom is 0.0244 e. The van der Waals surface area contributed by atoms with Gasteiger partial charge in [0.05, 0.1) is 0 Å². The number of piperidine rings is 1. The first kappa shape index (κ1) is 16.4. The molecule has 0 amide bonds. The molecular formula is C18H28BrN3. The van der Waals surface area contributed by atoms with Crippen LogP contribution in [0.1, 0.15) is 25.3 Å². The van der Waals surface area contributed by atoms with Gasteiger partial charge >= 0.3 is 0 Å². The lowest BCUT2D eigenvalue weighted by Gasteiger charge is -2.42. The van der Waals surface area contributed by atoms with Gasteiger partial charge in [-0.05, 0) is 44.1 Å². The normalized spacial score (nSPS) is 23.0. The lowest BCUT2D eigenvalue weighted by atomic mass is 10.0. The summed E-state index contributed by atoms with van der Waals surface area (Å²) in [5, 5.41) is 0. The average molecular weight is 366 g/mol. The highest BCUT2D eigenvalue weighted by Gasteiger charge is 2.27. The van der Waals surface area contributed by atoms with Crippen LogP contribution in [0.25, 0.3) is 0 Å². The zero-order chi connectivity index (χ0) is 15.4. The van der Waals surface area contributed by atoms with E-state index in [9.17, 15) is 0 Å². The highest BCUT2D eigenvalue weighted by Crippen LogP contribution is 2.22. The molecule has 3 nitrogen and oxygen atoms in total. The Balaban J connectivity index is 1.46. The Morgan fingerprint density at radius 1 is 0.955 bits per heavy atom. The summed E-state index contributed by atoms with van der Waals surface area (Å²) in [6, 6.07) is 9.43. The maximum atomic E-state index is 3.67. The highest BCUT2D eigenvalue weighted by molar-refractivity contribution is 9.10. The molecule has 0 aromatic heterocycles. The van der Waals surface area contributed by atoms with Gasteiger partial charge in [0.2, 0.25) is 0 Å². The van der Waals surface area contributed by atoms with Crippen molar-refractivity contribution in [3.63, 3.8) is 0 Å². The first-order valence-corrected chi connectivity index (χ1v) is 9.47. The van der Waals surface area contributed by atoms with Crippen molar-refractivity contribution in [3.05, 3.63) is 34.3 Å². The van der Waals surface area contributed by atoms with E-state index >= 15 is 0 Å². The SMILES string of the molecule is CCN1CCN(C2CCN(Cc3ccccc3Br)CC2)CC1. The number of hydrogen-bond donors (Lipinski definition) is 0. The second kappa shape index (κ2) is 7.91. The van der Waals surface area contributed by atoms with E-state index in [0.717, 1.165) is 12.6 Å². The van der Waals surface area contributed by atoms with E-state index in [2.05, 4.69) is 61.8 Å². The van der Waals surface area contributed by atoms with Crippen LogP contribution in [0.3, 0.4) is 0 Å². The van der Waals surface area contributed by atoms with Gasteiger partial charge < -0.3 is 4.90 Å². The number of halogens is 1. The first-order valence-electron chi connectivity index (χ1n) is 8.68. The van der Waals surface area contributed by atoms with Gasteiger partial charge in [-0.3, -0.25) is 9.80 Å². The molecule has 1 aromatic carbocycles. The van der Waals surface area contributed by atoms with Crippen LogP contribution in [0.4, 0.5) is 0 Å². The van der Waals surface area contributed by atoms with Crippen LogP contribution < -0.4 is 0 Å². The van der Waals surface area contributed by atoms with E-state index in [1.165, 1.54) is 68.7 Å². The molecule has 0 spiro atoms. The number of piperazine rings is 1. The fourth-order valence-electron chi connectivity index (χ4n) is 3.75. The van der Waals surface area contributed by atoms with E-state index in [4.69, 9.17) is 0 Å². The van der Waals surface area contributed by atoms with Gasteiger partial charge in [0.15, 0.2) is 0 Å². The Morgan fingerprint density at radius 2 is 1.64 bits per heavy atom. The van der Waals surface area contributed by atoms with E-state index in [0.29, 0.717) is 0 Å². The summed E-state index contributed by atoms with van der Waals surface area (Å²) in [4.78, 5) is 7.92. The minimum atomic E-state index is 0.814. The Labute approximate surface area is 143 Å². The molecule has 2 aliphatic heterocycles. The predicted molar refractivity (Wildman–Crippen MR) is 96.1 cm³/mol. The summed E-state index contributed by atoms with van der Waals surface area (Å²) < 4.78 is 1.24. The van der Waals surface area contributed by atoms with Crippen molar-refractivity contribution >= 4 is 15.9 Å². The number of rotatable bonds is 4. The minimum absolute atomic E-state index is 0.814. The van der Waals surface area contributed by atoms with Crippen LogP contribution in [0.5, 0.6) is 0 Å². The molecule has 2 heterocycles. The molecule has 0 bridgehead atoms. The van der Waals surface area contributed by atoms with E-state index in [1.54, 1.807) is 0 Å². The van der Waals surface area contributed by atoms with Crippen molar-refractivity contribution in [1.29, 1.82) is 0 Å². The van der Waals surface area contributed by atoms with Crippen molar-refractivity contribution in [2.24, 2.45) is 0 Å². The van der Waals surface area contributed by atoms with Crippen LogP contribution in [0, 0.1) is 0 Å². The van der Waals surface area contributed by atoms with Gasteiger partial charge in [0.25, 0.3) is 0 Å². The van der Waals surface area contributed by atoms with Crippen molar-refractivity contribution in [2.75, 3.05) is 45.8 Å². The Hall–Kier alpha value is -0.420. The van der Waals surface area contributed by atoms with Gasteiger partial charge in [0, 0.05) is 43.2 Å². The summed E-state index contributed by atoms with van der Waals surface area (Å²) >= 11 is 3.67. The van der Waals surface area contributed by atoms with Gasteiger partial charge in [-0.15, -0.1) is 0 Å². The van der Waals surface area contributed by atoms with E-state index < -0.39 is 0 Å². The Morgan fingerprint density at radius 3 is 2.27 bits per heavy atom. The minimum Gasteiger partial charge on any atom is -0.301 e. The number of likely N-dealkylation sites (tertiary alicyclic amines) is 1. The maximum absolute atomic E-state index is 3.67. The molecule has 4 heteroatoms. The van der Waals surface area contributed by atoms with Crippen molar-refractivity contribution in [2.45, 2.75) is 32.4 Å². The molecule has 122 valence electrons. The van der Waals surface area contributed by atoms with Gasteiger partial charge in [0.1, 0.15) is 0 Å². The molecule has 2 saturated heterocycles. The zero-order valence-electron chi connectivity index (χ0n) is 13.7. The number of hydrogen-bond acceptors (Lipinski definition) is 3. The number of benzene rings is 1. The van der Waals surface area contributed by atoms with Crippen molar-refractivity contribution in [3.8, 4) is 0 Å². The topological polar surface area (TPSA) is 9.72 Å². The number of likely N-dealkylation sites (N-methyl/N-ethyl adjacent to an activating group) is 1. The molecule has 0 aliphatic carbocycles. The second-order valence-corrected chi connectivity index (χ2v) is 7.42. The smallest absolute Gasteiger partial charge is 0.0244 e. The third-order valence-electron chi connectivity index (χ3n) is 5.28. The summed E-state index contributed by atoms with van der Waals surface area (Å²) in [6.07, 6.45) is 2.66. The van der Waals surface area contributed by atoms with Gasteiger partial charge in [-0.25, -0.2) is 0 Å². The monoisotopic (exact) mass is 365 g/mol. The standard InChI is InChI=1S/C18H28BrN3/c1-2-20-11-13-22(14-12-20)17-7-9-21(10-8-17)15-16-5-3-4-6-18(16)19/h3-6,17H,2,7-15H2,1H3. The van der Waals surface area contributed by atoms with E-state index in [1.807, 2.05) is 0 Å². The third kappa shape index (κ3) is 4.10. The summed E-state index contributed by atoms with van der Waals surface area (Å²) in [6.45, 7) is 12.1. The van der Waals surface area contributed by atoms with Crippen LogP contribution in [0.2, 0.25) is 0 Å². The fourth-order valence-corrected chi connectivity index (χ4v) is 4.17. The molecule has 0 saturated carbocycles. The van der Waals surface area contributed by atoms with Crippen LogP contribution in [-0.2, 0) is 6.54 Å². The molecular weight excluding hydrogens is 338 g/mol. The average Bonchev–Trinajstić information content (AvgIpc) is 2.58. The van der Waals surface area contributed by atoms with Gasteiger partial charge in [-0.1, -0.05) is 41.1 Å². The third-order valence-corrected chi connectivity index (χ3v) is 6.05. The van der Waals surface area contributed by atoms with Crippen LogP contribution in [0.15, 0.2) is 28.7 Å². The lowest BCUT2D eigenvalue weighted by molar-refractivity contribution is 0.0593. The van der Waals surface area contributed by atoms with Crippen molar-refractivity contribution < 1.29 is 0 Å². The molecule has 0 N–H and O–H groups in total. The van der Waals surface area contributed by atoms with Gasteiger partial charge in [-0.2, -0.15) is 0 Å². The summed E-state index contributed by atoms with van der Waals surface area (Å²) in [5.74, 6) is 0. The molecule has 1 aromatic rings. The second-order valence-electron chi connectivity index (χ2n) is 6.57. The molecule has 2 fully saturated rings. The van der Waals surface area contributed by atoms with Crippen molar-refractivity contribution in [1.82, 2.24) is 14.7 Å². The molecule has 0 unspecified atom stereocenters. The highest BCUT2D eigenvalue weighted by atomic mass is 79.9. The first-order chi connectivity index (χ1) is 10.8. The fraction of sp³-hybridized carbons (Fsp3) is 0.667. The zero-order valence-corrected chi connectivity index (χ0v) is 15.3. The molecule has 0 radical (unpaired) electrons. The van der Waals surface area contributed by atoms with E-state index in [-0.39, 0.29) is 0 Å². The molecule has 22 heavy (non-hydrogen) atoms. The number of nitrogens with zero attached hydrogens (tertiary/aromatic N) is 3. The van der Waals surface area contributed by atoms with Crippen LogP contribution in [-0.4, -0.2) is 66.6 Å². The Kier molecular flexibility index (Phi) is 5.91. The molecule has 2 aliphatic rings. The summed E-state index contributed by atoms with van der Waals surface area (Å²) in [5.41, 5.74) is 1.41.